The molecule has 128 valence electrons. The fraction of sp³-hybridized carbons (Fsp3) is 0.300. The third-order valence-electron chi connectivity index (χ3n) is 4.59. The van der Waals surface area contributed by atoms with Crippen molar-refractivity contribution in [2.45, 2.75) is 25.9 Å². The van der Waals surface area contributed by atoms with Crippen LogP contribution in [0.1, 0.15) is 34.0 Å². The molecular formula is C20H20N2O3. The second-order valence-corrected chi connectivity index (χ2v) is 6.15. The summed E-state index contributed by atoms with van der Waals surface area (Å²) in [4.78, 5) is 14.8. The first kappa shape index (κ1) is 16.8. The summed E-state index contributed by atoms with van der Waals surface area (Å²) in [6, 6.07) is 12.9. The molecule has 0 bridgehead atoms. The van der Waals surface area contributed by atoms with Crippen LogP contribution in [0.3, 0.4) is 0 Å². The summed E-state index contributed by atoms with van der Waals surface area (Å²) in [7, 11) is 3.22. The molecule has 1 amide bonds. The van der Waals surface area contributed by atoms with Gasteiger partial charge in [0.05, 0.1) is 25.9 Å². The first-order valence-electron chi connectivity index (χ1n) is 8.12. The van der Waals surface area contributed by atoms with Crippen LogP contribution in [0.4, 0.5) is 0 Å². The van der Waals surface area contributed by atoms with Gasteiger partial charge in [0.1, 0.15) is 0 Å². The number of ether oxygens (including phenoxy) is 2. The van der Waals surface area contributed by atoms with Gasteiger partial charge in [-0.15, -0.1) is 0 Å². The largest absolute Gasteiger partial charge is 0.493 e. The van der Waals surface area contributed by atoms with Crippen LogP contribution in [-0.2, 0) is 13.0 Å². The summed E-state index contributed by atoms with van der Waals surface area (Å²) in [5, 5.41) is 9.04. The van der Waals surface area contributed by atoms with Crippen molar-refractivity contribution in [1.29, 1.82) is 5.26 Å². The Hall–Kier alpha value is -3.00. The molecule has 3 rings (SSSR count). The topological polar surface area (TPSA) is 62.6 Å². The highest BCUT2D eigenvalue weighted by Crippen LogP contribution is 2.35. The first-order chi connectivity index (χ1) is 12.1. The number of rotatable bonds is 3. The molecule has 5 nitrogen and oxygen atoms in total. The molecule has 0 N–H and O–H groups in total. The molecular weight excluding hydrogens is 316 g/mol. The number of benzene rings is 2. The predicted molar refractivity (Wildman–Crippen MR) is 93.7 cm³/mol. The molecule has 1 heterocycles. The third-order valence-corrected chi connectivity index (χ3v) is 4.59. The lowest BCUT2D eigenvalue weighted by Crippen LogP contribution is -2.42. The summed E-state index contributed by atoms with van der Waals surface area (Å²) in [5.41, 5.74) is 3.25. The van der Waals surface area contributed by atoms with Gasteiger partial charge in [0, 0.05) is 18.2 Å². The minimum atomic E-state index is -0.0648. The van der Waals surface area contributed by atoms with Gasteiger partial charge < -0.3 is 14.4 Å². The van der Waals surface area contributed by atoms with Gasteiger partial charge in [-0.3, -0.25) is 4.79 Å². The number of amides is 1. The fourth-order valence-electron chi connectivity index (χ4n) is 3.23. The average molecular weight is 336 g/mol. The van der Waals surface area contributed by atoms with Gasteiger partial charge in [0.25, 0.3) is 5.91 Å². The average Bonchev–Trinajstić information content (AvgIpc) is 2.65. The number of nitrogens with zero attached hydrogens (tertiary/aromatic N) is 2. The molecule has 5 heteroatoms. The zero-order chi connectivity index (χ0) is 18.0. The van der Waals surface area contributed by atoms with Crippen molar-refractivity contribution in [2.24, 2.45) is 0 Å². The minimum Gasteiger partial charge on any atom is -0.493 e. The van der Waals surface area contributed by atoms with E-state index in [-0.39, 0.29) is 11.9 Å². The molecule has 0 spiro atoms. The van der Waals surface area contributed by atoms with Gasteiger partial charge in [0.15, 0.2) is 11.5 Å². The maximum Gasteiger partial charge on any atom is 0.254 e. The van der Waals surface area contributed by atoms with E-state index in [1.807, 2.05) is 24.0 Å². The van der Waals surface area contributed by atoms with Crippen LogP contribution in [0.2, 0.25) is 0 Å². The highest BCUT2D eigenvalue weighted by molar-refractivity contribution is 5.95. The smallest absolute Gasteiger partial charge is 0.254 e. The summed E-state index contributed by atoms with van der Waals surface area (Å²) >= 11 is 0. The summed E-state index contributed by atoms with van der Waals surface area (Å²) in [5.74, 6) is 1.30. The van der Waals surface area contributed by atoms with Crippen molar-refractivity contribution in [1.82, 2.24) is 4.90 Å². The van der Waals surface area contributed by atoms with Crippen molar-refractivity contribution < 1.29 is 14.3 Å². The van der Waals surface area contributed by atoms with Crippen LogP contribution < -0.4 is 9.47 Å². The van der Waals surface area contributed by atoms with Gasteiger partial charge in [-0.2, -0.15) is 5.26 Å². The van der Waals surface area contributed by atoms with Crippen LogP contribution in [-0.4, -0.2) is 31.1 Å². The Bertz CT molecular complexity index is 855. The molecule has 1 atom stereocenters. The van der Waals surface area contributed by atoms with E-state index in [9.17, 15) is 4.79 Å². The van der Waals surface area contributed by atoms with Gasteiger partial charge in [0.2, 0.25) is 0 Å². The molecule has 0 radical (unpaired) electrons. The van der Waals surface area contributed by atoms with Crippen molar-refractivity contribution in [3.8, 4) is 17.6 Å². The van der Waals surface area contributed by atoms with E-state index < -0.39 is 0 Å². The highest BCUT2D eigenvalue weighted by atomic mass is 16.5. The van der Waals surface area contributed by atoms with Crippen molar-refractivity contribution >= 4 is 5.91 Å². The van der Waals surface area contributed by atoms with E-state index in [2.05, 4.69) is 6.07 Å². The van der Waals surface area contributed by atoms with Crippen molar-refractivity contribution in [3.05, 3.63) is 58.7 Å². The predicted octanol–water partition coefficient (Wildman–Crippen LogP) is 3.16. The lowest BCUT2D eigenvalue weighted by atomic mass is 9.93. The molecule has 0 saturated carbocycles. The molecule has 2 aromatic rings. The van der Waals surface area contributed by atoms with Gasteiger partial charge in [-0.1, -0.05) is 6.07 Å². The van der Waals surface area contributed by atoms with Gasteiger partial charge in [-0.05, 0) is 54.8 Å². The zero-order valence-electron chi connectivity index (χ0n) is 14.6. The van der Waals surface area contributed by atoms with Crippen molar-refractivity contribution in [2.75, 3.05) is 14.2 Å². The monoisotopic (exact) mass is 336 g/mol. The summed E-state index contributed by atoms with van der Waals surface area (Å²) < 4.78 is 10.7. The zero-order valence-corrected chi connectivity index (χ0v) is 14.6. The Morgan fingerprint density at radius 2 is 1.84 bits per heavy atom. The SMILES string of the molecule is COc1cc2c(cc1OC)CN(C(=O)c1cccc(C#N)c1)C(C)C2. The number of hydrogen-bond acceptors (Lipinski definition) is 4. The fourth-order valence-corrected chi connectivity index (χ4v) is 3.23. The quantitative estimate of drug-likeness (QED) is 0.864. The molecule has 1 aliphatic rings. The minimum absolute atomic E-state index is 0.0591. The molecule has 0 fully saturated rings. The highest BCUT2D eigenvalue weighted by Gasteiger charge is 2.29. The van der Waals surface area contributed by atoms with Crippen LogP contribution in [0.25, 0.3) is 0 Å². The maximum atomic E-state index is 12.9. The second-order valence-electron chi connectivity index (χ2n) is 6.15. The van der Waals surface area contributed by atoms with E-state index in [1.165, 1.54) is 5.56 Å². The molecule has 0 aromatic heterocycles. The Morgan fingerprint density at radius 1 is 1.16 bits per heavy atom. The number of methoxy groups -OCH3 is 2. The van der Waals surface area contributed by atoms with Gasteiger partial charge in [-0.25, -0.2) is 0 Å². The van der Waals surface area contributed by atoms with E-state index in [4.69, 9.17) is 14.7 Å². The summed E-state index contributed by atoms with van der Waals surface area (Å²) in [6.45, 7) is 2.54. The maximum absolute atomic E-state index is 12.9. The van der Waals surface area contributed by atoms with Crippen LogP contribution in [0, 0.1) is 11.3 Å². The normalized spacial score (nSPS) is 15.9. The molecule has 2 aromatic carbocycles. The van der Waals surface area contributed by atoms with E-state index in [0.717, 1.165) is 12.0 Å². The van der Waals surface area contributed by atoms with Crippen LogP contribution >= 0.6 is 0 Å². The van der Waals surface area contributed by atoms with Crippen LogP contribution in [0.15, 0.2) is 36.4 Å². The molecule has 1 aliphatic heterocycles. The Morgan fingerprint density at radius 3 is 2.48 bits per heavy atom. The van der Waals surface area contributed by atoms with E-state index in [0.29, 0.717) is 29.2 Å². The number of nitriles is 1. The Balaban J connectivity index is 1.93. The number of carbonyl (C=O) groups excluding carboxylic acids is 1. The molecule has 0 aliphatic carbocycles. The van der Waals surface area contributed by atoms with Crippen LogP contribution in [0.5, 0.6) is 11.5 Å². The third kappa shape index (κ3) is 3.16. The second kappa shape index (κ2) is 6.86. The Labute approximate surface area is 147 Å². The van der Waals surface area contributed by atoms with E-state index >= 15 is 0 Å². The molecule has 0 saturated heterocycles. The first-order valence-corrected chi connectivity index (χ1v) is 8.12. The Kier molecular flexibility index (Phi) is 4.62. The number of fused-ring (bicyclic) bond motifs is 1. The lowest BCUT2D eigenvalue weighted by molar-refractivity contribution is 0.0658. The van der Waals surface area contributed by atoms with E-state index in [1.54, 1.807) is 38.5 Å². The number of hydrogen-bond donors (Lipinski definition) is 0. The summed E-state index contributed by atoms with van der Waals surface area (Å²) in [6.07, 6.45) is 0.749. The van der Waals surface area contributed by atoms with Gasteiger partial charge >= 0.3 is 0 Å². The lowest BCUT2D eigenvalue weighted by Gasteiger charge is -2.35. The molecule has 25 heavy (non-hydrogen) atoms. The molecule has 1 unspecified atom stereocenters. The standard InChI is InChI=1S/C20H20N2O3/c1-13-7-16-9-18(24-2)19(25-3)10-17(16)12-22(13)20(23)15-6-4-5-14(8-15)11-21/h4-6,8-10,13H,7,12H2,1-3H3. The van der Waals surface area contributed by atoms with Crippen molar-refractivity contribution in [3.63, 3.8) is 0 Å². The number of carbonyl (C=O) groups is 1.